The fourth-order valence-corrected chi connectivity index (χ4v) is 5.53. The van der Waals surface area contributed by atoms with Crippen LogP contribution in [0.15, 0.2) is 60.7 Å². The minimum Gasteiger partial charge on any atom is -0.489 e. The summed E-state index contributed by atoms with van der Waals surface area (Å²) in [5.74, 6) is -2.94. The number of carbonyl (C=O) groups excluding carboxylic acids is 2. The van der Waals surface area contributed by atoms with Gasteiger partial charge in [-0.05, 0) is 42.0 Å². The molecule has 2 heterocycles. The van der Waals surface area contributed by atoms with Crippen molar-refractivity contribution in [3.8, 4) is 17.2 Å². The van der Waals surface area contributed by atoms with Gasteiger partial charge in [0.15, 0.2) is 5.75 Å². The Labute approximate surface area is 255 Å². The summed E-state index contributed by atoms with van der Waals surface area (Å²) in [6.07, 6.45) is -4.00. The van der Waals surface area contributed by atoms with Crippen molar-refractivity contribution in [2.45, 2.75) is 37.1 Å². The van der Waals surface area contributed by atoms with Gasteiger partial charge in [0.2, 0.25) is 0 Å². The Morgan fingerprint density at radius 3 is 2.47 bits per heavy atom. The van der Waals surface area contributed by atoms with Crippen molar-refractivity contribution in [1.82, 2.24) is 4.90 Å². The molecule has 0 unspecified atom stereocenters. The van der Waals surface area contributed by atoms with Crippen molar-refractivity contribution in [2.24, 2.45) is 0 Å². The summed E-state index contributed by atoms with van der Waals surface area (Å²) < 4.78 is 54.8. The summed E-state index contributed by atoms with van der Waals surface area (Å²) in [6, 6.07) is 15.8. The molecule has 0 aromatic heterocycles. The molecule has 1 spiro atoms. The van der Waals surface area contributed by atoms with Crippen LogP contribution in [0.3, 0.4) is 0 Å². The first-order valence-corrected chi connectivity index (χ1v) is 14.2. The Balaban J connectivity index is 1.23. The monoisotopic (exact) mass is 638 g/mol. The number of likely N-dealkylation sites (tertiary alicyclic amines) is 1. The molecule has 2 aliphatic heterocycles. The number of benzene rings is 3. The number of piperidine rings is 1. The lowest BCUT2D eigenvalue weighted by Gasteiger charge is -2.39. The molecule has 0 saturated carbocycles. The molecule has 0 radical (unpaired) electrons. The molecule has 1 fully saturated rings. The van der Waals surface area contributed by atoms with Crippen LogP contribution in [0.1, 0.15) is 28.8 Å². The summed E-state index contributed by atoms with van der Waals surface area (Å²) in [4.78, 5) is 26.2. The molecular weight excluding hydrogens is 612 g/mol. The second-order valence-corrected chi connectivity index (χ2v) is 11.3. The van der Waals surface area contributed by atoms with Crippen LogP contribution in [0.5, 0.6) is 17.2 Å². The summed E-state index contributed by atoms with van der Waals surface area (Å²) >= 11 is 12.2. The third-order valence-electron chi connectivity index (χ3n) is 7.28. The standard InChI is InChI=1S/C30H27Cl2F3N2O6/c31-20-6-7-24-19(12-20)15-29(43-24)8-10-37(11-9-29)16-21(38)17-41-26-14-25(42-28(40)30(33,34)35)22(32)13-23(26)36-27(39)18-4-2-1-3-5-18/h1-7,12-14,21,38H,8-11,15-17H2,(H,36,39)/t21-/m0/s1. The number of fused-ring (bicyclic) bond motifs is 1. The van der Waals surface area contributed by atoms with Gasteiger partial charge in [-0.3, -0.25) is 4.79 Å². The molecule has 0 bridgehead atoms. The first-order chi connectivity index (χ1) is 20.4. The highest BCUT2D eigenvalue weighted by Gasteiger charge is 2.43. The zero-order valence-corrected chi connectivity index (χ0v) is 24.1. The smallest absolute Gasteiger partial charge is 0.489 e. The zero-order chi connectivity index (χ0) is 30.8. The lowest BCUT2D eigenvalue weighted by Crippen LogP contribution is -2.49. The van der Waals surface area contributed by atoms with Crippen LogP contribution < -0.4 is 19.5 Å². The largest absolute Gasteiger partial charge is 0.491 e. The average Bonchev–Trinajstić information content (AvgIpc) is 3.31. The van der Waals surface area contributed by atoms with Crippen molar-refractivity contribution < 1.29 is 42.1 Å². The van der Waals surface area contributed by atoms with Crippen LogP contribution in [0.25, 0.3) is 0 Å². The van der Waals surface area contributed by atoms with Crippen LogP contribution in [0.4, 0.5) is 18.9 Å². The lowest BCUT2D eigenvalue weighted by molar-refractivity contribution is -0.189. The summed E-state index contributed by atoms with van der Waals surface area (Å²) in [5.41, 5.74) is 1.07. The number of amides is 1. The number of aliphatic hydroxyl groups excluding tert-OH is 1. The number of hydrogen-bond acceptors (Lipinski definition) is 7. The number of β-amino-alcohol motifs (C(OH)–C–C–N with tert-alkyl or cyclic N) is 1. The van der Waals surface area contributed by atoms with E-state index in [9.17, 15) is 27.9 Å². The second kappa shape index (κ2) is 12.6. The van der Waals surface area contributed by atoms with E-state index in [2.05, 4.69) is 15.0 Å². The Morgan fingerprint density at radius 1 is 1.05 bits per heavy atom. The van der Waals surface area contributed by atoms with Crippen molar-refractivity contribution in [2.75, 3.05) is 31.6 Å². The van der Waals surface area contributed by atoms with Gasteiger partial charge in [-0.1, -0.05) is 41.4 Å². The topological polar surface area (TPSA) is 97.3 Å². The van der Waals surface area contributed by atoms with Crippen LogP contribution in [0, 0.1) is 0 Å². The van der Waals surface area contributed by atoms with E-state index < -0.39 is 29.9 Å². The number of aliphatic hydroxyl groups is 1. The quantitative estimate of drug-likeness (QED) is 0.233. The van der Waals surface area contributed by atoms with Gasteiger partial charge >= 0.3 is 12.1 Å². The van der Waals surface area contributed by atoms with E-state index in [4.69, 9.17) is 32.7 Å². The van der Waals surface area contributed by atoms with Crippen LogP contribution >= 0.6 is 23.2 Å². The molecule has 43 heavy (non-hydrogen) atoms. The Kier molecular flexibility index (Phi) is 9.07. The van der Waals surface area contributed by atoms with Gasteiger partial charge in [-0.2, -0.15) is 13.2 Å². The number of carbonyl (C=O) groups is 2. The van der Waals surface area contributed by atoms with Crippen molar-refractivity contribution in [3.05, 3.63) is 81.8 Å². The molecule has 1 atom stereocenters. The normalized spacial score (nSPS) is 16.7. The predicted molar refractivity (Wildman–Crippen MR) is 153 cm³/mol. The van der Waals surface area contributed by atoms with Gasteiger partial charge in [0.1, 0.15) is 29.8 Å². The number of anilines is 1. The Bertz CT molecular complexity index is 1500. The maximum atomic E-state index is 12.8. The summed E-state index contributed by atoms with van der Waals surface area (Å²) in [7, 11) is 0. The minimum absolute atomic E-state index is 0.0100. The summed E-state index contributed by atoms with van der Waals surface area (Å²) in [5, 5.41) is 13.7. The van der Waals surface area contributed by atoms with Crippen LogP contribution in [-0.2, 0) is 11.2 Å². The molecule has 8 nitrogen and oxygen atoms in total. The van der Waals surface area contributed by atoms with Crippen LogP contribution in [-0.4, -0.2) is 66.0 Å². The third-order valence-corrected chi connectivity index (χ3v) is 7.81. The number of nitrogens with one attached hydrogen (secondary N) is 1. The van der Waals surface area contributed by atoms with Gasteiger partial charge in [0, 0.05) is 55.5 Å². The average molecular weight is 639 g/mol. The molecule has 1 amide bonds. The van der Waals surface area contributed by atoms with Gasteiger partial charge in [0.05, 0.1) is 10.7 Å². The second-order valence-electron chi connectivity index (χ2n) is 10.5. The minimum atomic E-state index is -5.26. The van der Waals surface area contributed by atoms with E-state index in [0.29, 0.717) is 23.7 Å². The fourth-order valence-electron chi connectivity index (χ4n) is 5.13. The number of nitrogens with zero attached hydrogens (tertiary/aromatic N) is 1. The number of hydrogen-bond donors (Lipinski definition) is 2. The molecule has 3 aromatic rings. The number of esters is 1. The van der Waals surface area contributed by atoms with Crippen LogP contribution in [0.2, 0.25) is 10.0 Å². The fraction of sp³-hybridized carbons (Fsp3) is 0.333. The van der Waals surface area contributed by atoms with E-state index in [1.807, 2.05) is 12.1 Å². The lowest BCUT2D eigenvalue weighted by atomic mass is 9.87. The predicted octanol–water partition coefficient (Wildman–Crippen LogP) is 5.92. The van der Waals surface area contributed by atoms with Gasteiger partial charge in [0.25, 0.3) is 5.91 Å². The van der Waals surface area contributed by atoms with Crippen molar-refractivity contribution in [1.29, 1.82) is 0 Å². The van der Waals surface area contributed by atoms with E-state index in [-0.39, 0.29) is 35.2 Å². The van der Waals surface area contributed by atoms with Gasteiger partial charge < -0.3 is 29.5 Å². The van der Waals surface area contributed by atoms with Gasteiger partial charge in [-0.25, -0.2) is 4.79 Å². The molecule has 0 aliphatic carbocycles. The molecular formula is C30H27Cl2F3N2O6. The molecule has 13 heteroatoms. The molecule has 3 aromatic carbocycles. The maximum Gasteiger partial charge on any atom is 0.491 e. The number of rotatable bonds is 8. The van der Waals surface area contributed by atoms with Crippen molar-refractivity contribution in [3.63, 3.8) is 0 Å². The first-order valence-electron chi connectivity index (χ1n) is 13.4. The molecule has 228 valence electrons. The Hall–Kier alpha value is -3.51. The van der Waals surface area contributed by atoms with Crippen molar-refractivity contribution >= 4 is 40.8 Å². The molecule has 1 saturated heterocycles. The van der Waals surface area contributed by atoms with Gasteiger partial charge in [-0.15, -0.1) is 0 Å². The molecule has 5 rings (SSSR count). The highest BCUT2D eigenvalue weighted by molar-refractivity contribution is 6.32. The van der Waals surface area contributed by atoms with E-state index >= 15 is 0 Å². The number of halogens is 5. The molecule has 2 aliphatic rings. The van der Waals surface area contributed by atoms with E-state index in [0.717, 1.165) is 42.7 Å². The summed E-state index contributed by atoms with van der Waals surface area (Å²) in [6.45, 7) is 1.31. The van der Waals surface area contributed by atoms with E-state index in [1.165, 1.54) is 0 Å². The first kappa shape index (κ1) is 30.9. The number of ether oxygens (including phenoxy) is 3. The highest BCUT2D eigenvalue weighted by Crippen LogP contribution is 2.42. The highest BCUT2D eigenvalue weighted by atomic mass is 35.5. The zero-order valence-electron chi connectivity index (χ0n) is 22.6. The molecule has 2 N–H and O–H groups in total. The van der Waals surface area contributed by atoms with E-state index in [1.54, 1.807) is 36.4 Å². The Morgan fingerprint density at radius 2 is 1.77 bits per heavy atom. The maximum absolute atomic E-state index is 12.8. The third kappa shape index (κ3) is 7.53. The number of alkyl halides is 3. The SMILES string of the molecule is O=C(Nc1cc(Cl)c(OC(=O)C(F)(F)F)cc1OC[C@@H](O)CN1CCC2(CC1)Cc1cc(Cl)ccc1O2)c1ccccc1.